The molecule has 1 aliphatic heterocycles. The van der Waals surface area contributed by atoms with E-state index in [4.69, 9.17) is 0 Å². The number of ketones is 1. The number of piperazine rings is 1. The summed E-state index contributed by atoms with van der Waals surface area (Å²) in [5.41, 5.74) is 0. The molecule has 0 radical (unpaired) electrons. The lowest BCUT2D eigenvalue weighted by Crippen LogP contribution is -2.42. The van der Waals surface area contributed by atoms with E-state index in [1.165, 1.54) is 19.3 Å². The largest absolute Gasteiger partial charge is 0.330 e. The second-order valence-corrected chi connectivity index (χ2v) is 5.23. The third kappa shape index (κ3) is 3.74. The van der Waals surface area contributed by atoms with E-state index in [9.17, 15) is 4.79 Å². The number of carbonyl (C=O) groups is 1. The lowest BCUT2D eigenvalue weighted by atomic mass is 9.86. The first kappa shape index (κ1) is 12.4. The van der Waals surface area contributed by atoms with Crippen molar-refractivity contribution < 1.29 is 4.79 Å². The molecule has 0 unspecified atom stereocenters. The van der Waals surface area contributed by atoms with Crippen molar-refractivity contribution >= 4 is 5.78 Å². The Morgan fingerprint density at radius 1 is 1.06 bits per heavy atom. The molecule has 0 N–H and O–H groups in total. The molecule has 0 atom stereocenters. The molecule has 0 amide bonds. The molecular formula is C14H22N2O. The van der Waals surface area contributed by atoms with Crippen molar-refractivity contribution in [2.75, 3.05) is 33.2 Å². The molecule has 0 spiro atoms. The molecule has 1 saturated heterocycles. The first-order valence-electron chi connectivity index (χ1n) is 6.75. The third-order valence-electron chi connectivity index (χ3n) is 3.82. The maximum absolute atomic E-state index is 11.9. The zero-order chi connectivity index (χ0) is 12.1. The van der Waals surface area contributed by atoms with Crippen LogP contribution in [-0.4, -0.2) is 48.8 Å². The van der Waals surface area contributed by atoms with Gasteiger partial charge in [-0.3, -0.25) is 4.79 Å². The second-order valence-electron chi connectivity index (χ2n) is 5.23. The molecule has 0 bridgehead atoms. The van der Waals surface area contributed by atoms with Gasteiger partial charge < -0.3 is 9.80 Å². The normalized spacial score (nSPS) is 23.0. The molecule has 17 heavy (non-hydrogen) atoms. The molecule has 2 rings (SSSR count). The molecule has 3 nitrogen and oxygen atoms in total. The number of hydrogen-bond acceptors (Lipinski definition) is 3. The fraction of sp³-hybridized carbons (Fsp3) is 0.786. The van der Waals surface area contributed by atoms with Crippen molar-refractivity contribution in [3.8, 4) is 12.0 Å². The van der Waals surface area contributed by atoms with Crippen LogP contribution in [0, 0.1) is 17.9 Å². The van der Waals surface area contributed by atoms with Crippen molar-refractivity contribution in [2.45, 2.75) is 32.1 Å². The minimum absolute atomic E-state index is 0.170. The standard InChI is InChI=1S/C14H22N2O/c1-15-9-11-16(12-10-15)8-7-14(17)13-5-3-2-4-6-13/h13H,2-6,9-12H2,1H3. The van der Waals surface area contributed by atoms with Crippen molar-refractivity contribution in [1.29, 1.82) is 0 Å². The molecule has 2 fully saturated rings. The molecule has 1 aliphatic carbocycles. The Morgan fingerprint density at radius 3 is 2.35 bits per heavy atom. The topological polar surface area (TPSA) is 23.6 Å². The maximum atomic E-state index is 11.9. The summed E-state index contributed by atoms with van der Waals surface area (Å²) in [6.45, 7) is 4.02. The predicted octanol–water partition coefficient (Wildman–Crippen LogP) is 1.34. The molecule has 1 saturated carbocycles. The summed E-state index contributed by atoms with van der Waals surface area (Å²) in [4.78, 5) is 16.3. The van der Waals surface area contributed by atoms with Crippen LogP contribution in [0.1, 0.15) is 32.1 Å². The van der Waals surface area contributed by atoms with Gasteiger partial charge in [-0.15, -0.1) is 0 Å². The lowest BCUT2D eigenvalue weighted by molar-refractivity contribution is -0.118. The van der Waals surface area contributed by atoms with Crippen molar-refractivity contribution in [3.05, 3.63) is 0 Å². The zero-order valence-corrected chi connectivity index (χ0v) is 10.7. The second kappa shape index (κ2) is 6.07. The van der Waals surface area contributed by atoms with Crippen LogP contribution in [0.25, 0.3) is 0 Å². The van der Waals surface area contributed by atoms with E-state index in [1.54, 1.807) is 0 Å². The van der Waals surface area contributed by atoms with Gasteiger partial charge in [-0.1, -0.05) is 19.3 Å². The number of Topliss-reactive ketones (excluding diaryl/α,β-unsaturated/α-hetero) is 1. The van der Waals surface area contributed by atoms with Gasteiger partial charge >= 0.3 is 0 Å². The van der Waals surface area contributed by atoms with Crippen LogP contribution in [0.15, 0.2) is 0 Å². The van der Waals surface area contributed by atoms with Crippen LogP contribution >= 0.6 is 0 Å². The van der Waals surface area contributed by atoms with E-state index >= 15 is 0 Å². The number of rotatable bonds is 1. The lowest BCUT2D eigenvalue weighted by Gasteiger charge is -2.29. The quantitative estimate of drug-likeness (QED) is 0.640. The molecule has 2 aliphatic rings. The summed E-state index contributed by atoms with van der Waals surface area (Å²) in [5, 5.41) is 0. The first-order valence-corrected chi connectivity index (χ1v) is 6.75. The smallest absolute Gasteiger partial charge is 0.210 e. The Bertz CT molecular complexity index is 315. The van der Waals surface area contributed by atoms with Gasteiger partial charge in [0.25, 0.3) is 0 Å². The highest BCUT2D eigenvalue weighted by Crippen LogP contribution is 2.23. The third-order valence-corrected chi connectivity index (χ3v) is 3.82. The van der Waals surface area contributed by atoms with E-state index in [0.717, 1.165) is 39.0 Å². The van der Waals surface area contributed by atoms with Crippen molar-refractivity contribution in [3.63, 3.8) is 0 Å². The highest BCUT2D eigenvalue weighted by atomic mass is 16.1. The fourth-order valence-corrected chi connectivity index (χ4v) is 2.52. The predicted molar refractivity (Wildman–Crippen MR) is 68.4 cm³/mol. The Hall–Kier alpha value is -1.01. The van der Waals surface area contributed by atoms with Crippen LogP contribution in [0.3, 0.4) is 0 Å². The molecular weight excluding hydrogens is 212 g/mol. The van der Waals surface area contributed by atoms with Crippen molar-refractivity contribution in [2.24, 2.45) is 5.92 Å². The summed E-state index contributed by atoms with van der Waals surface area (Å²) >= 11 is 0. The van der Waals surface area contributed by atoms with Crippen LogP contribution in [0.5, 0.6) is 0 Å². The molecule has 94 valence electrons. The van der Waals surface area contributed by atoms with Crippen LogP contribution < -0.4 is 0 Å². The van der Waals surface area contributed by atoms with Gasteiger partial charge in [0, 0.05) is 38.1 Å². The van der Waals surface area contributed by atoms with E-state index in [1.807, 2.05) is 0 Å². The summed E-state index contributed by atoms with van der Waals surface area (Å²) in [6.07, 6.45) is 5.79. The monoisotopic (exact) mass is 234 g/mol. The zero-order valence-electron chi connectivity index (χ0n) is 10.7. The molecule has 3 heteroatoms. The Labute approximate surface area is 104 Å². The van der Waals surface area contributed by atoms with Gasteiger partial charge in [-0.25, -0.2) is 0 Å². The number of carbonyl (C=O) groups excluding carboxylic acids is 1. The highest BCUT2D eigenvalue weighted by Gasteiger charge is 2.19. The number of hydrogen-bond donors (Lipinski definition) is 0. The molecule has 1 heterocycles. The molecule has 0 aromatic rings. The number of likely N-dealkylation sites (N-methyl/N-ethyl adjacent to an activating group) is 1. The summed E-state index contributed by atoms with van der Waals surface area (Å²) in [6, 6.07) is 3.05. The number of nitrogens with zero attached hydrogens (tertiary/aromatic N) is 2. The summed E-state index contributed by atoms with van der Waals surface area (Å²) < 4.78 is 0. The first-order chi connectivity index (χ1) is 8.25. The average Bonchev–Trinajstić information content (AvgIpc) is 2.39. The van der Waals surface area contributed by atoms with E-state index in [-0.39, 0.29) is 11.7 Å². The SMILES string of the molecule is CN1CCN(C#CC(=O)C2CCCCC2)CC1. The highest BCUT2D eigenvalue weighted by molar-refractivity contribution is 5.97. The Balaban J connectivity index is 1.81. The summed E-state index contributed by atoms with van der Waals surface area (Å²) in [5.74, 6) is 3.25. The Kier molecular flexibility index (Phi) is 4.44. The fourth-order valence-electron chi connectivity index (χ4n) is 2.52. The minimum atomic E-state index is 0.170. The van der Waals surface area contributed by atoms with Crippen LogP contribution in [-0.2, 0) is 4.79 Å². The molecule has 0 aromatic heterocycles. The van der Waals surface area contributed by atoms with E-state index < -0.39 is 0 Å². The van der Waals surface area contributed by atoms with Gasteiger partial charge in [0.1, 0.15) is 0 Å². The maximum Gasteiger partial charge on any atom is 0.210 e. The van der Waals surface area contributed by atoms with E-state index in [0.29, 0.717) is 0 Å². The Morgan fingerprint density at radius 2 is 1.71 bits per heavy atom. The van der Waals surface area contributed by atoms with Crippen molar-refractivity contribution in [1.82, 2.24) is 9.80 Å². The van der Waals surface area contributed by atoms with Gasteiger partial charge in [0.05, 0.1) is 0 Å². The van der Waals surface area contributed by atoms with Gasteiger partial charge in [0.2, 0.25) is 5.78 Å². The minimum Gasteiger partial charge on any atom is -0.330 e. The van der Waals surface area contributed by atoms with Gasteiger partial charge in [-0.05, 0) is 25.8 Å². The van der Waals surface area contributed by atoms with Crippen LogP contribution in [0.2, 0.25) is 0 Å². The van der Waals surface area contributed by atoms with Gasteiger partial charge in [0.15, 0.2) is 0 Å². The van der Waals surface area contributed by atoms with E-state index in [2.05, 4.69) is 28.8 Å². The van der Waals surface area contributed by atoms with Gasteiger partial charge in [-0.2, -0.15) is 0 Å². The summed E-state index contributed by atoms with van der Waals surface area (Å²) in [7, 11) is 2.12. The van der Waals surface area contributed by atoms with Crippen LogP contribution in [0.4, 0.5) is 0 Å². The molecule has 0 aromatic carbocycles. The average molecular weight is 234 g/mol.